The van der Waals surface area contributed by atoms with Crippen molar-refractivity contribution in [2.45, 2.75) is 51.4 Å². The zero-order valence-electron chi connectivity index (χ0n) is 14.3. The van der Waals surface area contributed by atoms with Crippen molar-refractivity contribution in [3.8, 4) is 0 Å². The van der Waals surface area contributed by atoms with Gasteiger partial charge in [-0.15, -0.1) is 0 Å². The summed E-state index contributed by atoms with van der Waals surface area (Å²) in [6.45, 7) is 3.94. The maximum atomic E-state index is 12.2. The van der Waals surface area contributed by atoms with E-state index < -0.39 is 10.0 Å². The van der Waals surface area contributed by atoms with Gasteiger partial charge in [0.1, 0.15) is 0 Å². The average molecular weight is 350 g/mol. The molecule has 1 amide bonds. The molecule has 6 heteroatoms. The second-order valence-electron chi connectivity index (χ2n) is 6.50. The molecule has 2 rings (SSSR count). The van der Waals surface area contributed by atoms with Crippen molar-refractivity contribution in [2.75, 3.05) is 0 Å². The Kier molecular flexibility index (Phi) is 6.57. The summed E-state index contributed by atoms with van der Waals surface area (Å²) < 4.78 is 26.9. The molecule has 24 heavy (non-hydrogen) atoms. The molecule has 0 spiro atoms. The van der Waals surface area contributed by atoms with Gasteiger partial charge in [0.2, 0.25) is 15.9 Å². The van der Waals surface area contributed by atoms with Crippen LogP contribution in [0.3, 0.4) is 0 Å². The molecule has 1 atom stereocenters. The lowest BCUT2D eigenvalue weighted by Crippen LogP contribution is -2.33. The van der Waals surface area contributed by atoms with E-state index in [-0.39, 0.29) is 23.6 Å². The van der Waals surface area contributed by atoms with Crippen molar-refractivity contribution < 1.29 is 13.2 Å². The number of carbonyl (C=O) groups is 1. The number of amides is 1. The molecule has 5 nitrogen and oxygen atoms in total. The summed E-state index contributed by atoms with van der Waals surface area (Å²) in [6.07, 6.45) is 6.74. The van der Waals surface area contributed by atoms with Crippen LogP contribution in [0.25, 0.3) is 0 Å². The highest BCUT2D eigenvalue weighted by molar-refractivity contribution is 7.88. The third-order valence-electron chi connectivity index (χ3n) is 3.97. The first-order valence-electron chi connectivity index (χ1n) is 8.37. The van der Waals surface area contributed by atoms with Crippen molar-refractivity contribution in [2.24, 2.45) is 5.92 Å². The predicted molar refractivity (Wildman–Crippen MR) is 95.7 cm³/mol. The molecule has 0 radical (unpaired) electrons. The summed E-state index contributed by atoms with van der Waals surface area (Å²) in [5.74, 6) is -0.0190. The zero-order chi connectivity index (χ0) is 17.6. The van der Waals surface area contributed by atoms with Gasteiger partial charge >= 0.3 is 0 Å². The molecule has 1 aliphatic carbocycles. The first-order chi connectivity index (χ1) is 11.4. The third kappa shape index (κ3) is 5.76. The first-order valence-corrected chi connectivity index (χ1v) is 10.0. The minimum absolute atomic E-state index is 0.0218. The fourth-order valence-corrected chi connectivity index (χ4v) is 4.33. The van der Waals surface area contributed by atoms with Crippen LogP contribution in [0.4, 0.5) is 0 Å². The van der Waals surface area contributed by atoms with Crippen molar-refractivity contribution in [1.29, 1.82) is 0 Å². The Morgan fingerprint density at radius 1 is 1.21 bits per heavy atom. The van der Waals surface area contributed by atoms with Crippen molar-refractivity contribution in [3.63, 3.8) is 0 Å². The number of carbonyl (C=O) groups excluding carboxylic acids is 1. The highest BCUT2D eigenvalue weighted by Crippen LogP contribution is 2.19. The van der Waals surface area contributed by atoms with E-state index in [2.05, 4.69) is 16.1 Å². The Morgan fingerprint density at radius 2 is 1.92 bits per heavy atom. The number of allylic oxidation sites excluding steroid dienone is 2. The van der Waals surface area contributed by atoms with Crippen LogP contribution in [0.5, 0.6) is 0 Å². The minimum Gasteiger partial charge on any atom is -0.352 e. The standard InChI is InChI=1S/C18H26N2O3S/c1-14(2)20-24(22,23)13-17-11-7-6-10-16(17)12-19-18(21)15-8-4-3-5-9-15/h3-4,6-7,10-11,14-15,20H,5,8-9,12-13H2,1-2H3,(H,19,21)/t15-/m1/s1. The number of rotatable bonds is 7. The fraction of sp³-hybridized carbons (Fsp3) is 0.500. The summed E-state index contributed by atoms with van der Waals surface area (Å²) in [5.41, 5.74) is 1.56. The quantitative estimate of drug-likeness (QED) is 0.742. The molecule has 0 heterocycles. The molecule has 0 bridgehead atoms. The molecule has 0 fully saturated rings. The Labute approximate surface area is 144 Å². The van der Waals surface area contributed by atoms with Gasteiger partial charge in [-0.3, -0.25) is 4.79 Å². The molecule has 132 valence electrons. The van der Waals surface area contributed by atoms with Crippen LogP contribution in [0.1, 0.15) is 44.2 Å². The SMILES string of the molecule is CC(C)NS(=O)(=O)Cc1ccccc1CNC(=O)[C@@H]1CC=CCC1. The van der Waals surface area contributed by atoms with E-state index in [0.717, 1.165) is 30.4 Å². The van der Waals surface area contributed by atoms with E-state index in [1.165, 1.54) is 0 Å². The Balaban J connectivity index is 2.01. The summed E-state index contributed by atoms with van der Waals surface area (Å²) in [5, 5.41) is 2.95. The van der Waals surface area contributed by atoms with Gasteiger partial charge in [-0.25, -0.2) is 13.1 Å². The van der Waals surface area contributed by atoms with Gasteiger partial charge in [0.15, 0.2) is 0 Å². The molecule has 0 unspecified atom stereocenters. The van der Waals surface area contributed by atoms with Crippen LogP contribution in [-0.2, 0) is 27.1 Å². The summed E-state index contributed by atoms with van der Waals surface area (Å²) in [7, 11) is -3.39. The van der Waals surface area contributed by atoms with E-state index in [9.17, 15) is 13.2 Å². The predicted octanol–water partition coefficient (Wildman–Crippen LogP) is 2.49. The van der Waals surface area contributed by atoms with Crippen LogP contribution in [-0.4, -0.2) is 20.4 Å². The highest BCUT2D eigenvalue weighted by Gasteiger charge is 2.19. The van der Waals surface area contributed by atoms with Crippen LogP contribution in [0, 0.1) is 5.92 Å². The molecule has 0 aromatic heterocycles. The van der Waals surface area contributed by atoms with E-state index in [0.29, 0.717) is 6.54 Å². The van der Waals surface area contributed by atoms with Gasteiger partial charge in [-0.2, -0.15) is 0 Å². The summed E-state index contributed by atoms with van der Waals surface area (Å²) >= 11 is 0. The largest absolute Gasteiger partial charge is 0.352 e. The van der Waals surface area contributed by atoms with Crippen LogP contribution >= 0.6 is 0 Å². The molecule has 2 N–H and O–H groups in total. The normalized spacial score (nSPS) is 17.9. The highest BCUT2D eigenvalue weighted by atomic mass is 32.2. The van der Waals surface area contributed by atoms with Crippen LogP contribution in [0.2, 0.25) is 0 Å². The smallest absolute Gasteiger partial charge is 0.223 e. The number of hydrogen-bond donors (Lipinski definition) is 2. The Morgan fingerprint density at radius 3 is 2.54 bits per heavy atom. The maximum Gasteiger partial charge on any atom is 0.223 e. The molecular weight excluding hydrogens is 324 g/mol. The lowest BCUT2D eigenvalue weighted by Gasteiger charge is -2.18. The molecule has 0 saturated carbocycles. The van der Waals surface area contributed by atoms with Gasteiger partial charge in [-0.05, 0) is 44.2 Å². The molecule has 1 aromatic carbocycles. The van der Waals surface area contributed by atoms with E-state index >= 15 is 0 Å². The van der Waals surface area contributed by atoms with Crippen molar-refractivity contribution in [1.82, 2.24) is 10.0 Å². The summed E-state index contributed by atoms with van der Waals surface area (Å²) in [4.78, 5) is 12.2. The van der Waals surface area contributed by atoms with E-state index in [4.69, 9.17) is 0 Å². The monoisotopic (exact) mass is 350 g/mol. The molecule has 1 aromatic rings. The van der Waals surface area contributed by atoms with E-state index in [1.54, 1.807) is 19.9 Å². The number of benzene rings is 1. The molecule has 0 aliphatic heterocycles. The molecule has 1 aliphatic rings. The fourth-order valence-electron chi connectivity index (χ4n) is 2.83. The van der Waals surface area contributed by atoms with Gasteiger partial charge < -0.3 is 5.32 Å². The van der Waals surface area contributed by atoms with Crippen LogP contribution < -0.4 is 10.0 Å². The van der Waals surface area contributed by atoms with Crippen LogP contribution in [0.15, 0.2) is 36.4 Å². The first kappa shape index (κ1) is 18.7. The minimum atomic E-state index is -3.39. The van der Waals surface area contributed by atoms with Gasteiger partial charge in [0.05, 0.1) is 5.75 Å². The average Bonchev–Trinajstić information content (AvgIpc) is 2.53. The molecule has 0 saturated heterocycles. The Hall–Kier alpha value is -1.66. The Bertz CT molecular complexity index is 696. The van der Waals surface area contributed by atoms with Crippen molar-refractivity contribution in [3.05, 3.63) is 47.5 Å². The molecular formula is C18H26N2O3S. The van der Waals surface area contributed by atoms with Gasteiger partial charge in [0, 0.05) is 18.5 Å². The second-order valence-corrected chi connectivity index (χ2v) is 8.25. The van der Waals surface area contributed by atoms with E-state index in [1.807, 2.05) is 24.3 Å². The van der Waals surface area contributed by atoms with Crippen molar-refractivity contribution >= 4 is 15.9 Å². The summed E-state index contributed by atoms with van der Waals surface area (Å²) in [6, 6.07) is 7.20. The van der Waals surface area contributed by atoms with Gasteiger partial charge in [0.25, 0.3) is 0 Å². The zero-order valence-corrected chi connectivity index (χ0v) is 15.1. The maximum absolute atomic E-state index is 12.2. The third-order valence-corrected chi connectivity index (χ3v) is 5.49. The second kappa shape index (κ2) is 8.44. The number of nitrogens with one attached hydrogen (secondary N) is 2. The lowest BCUT2D eigenvalue weighted by molar-refractivity contribution is -0.125. The number of hydrogen-bond acceptors (Lipinski definition) is 3. The number of sulfonamides is 1. The van der Waals surface area contributed by atoms with Gasteiger partial charge in [-0.1, -0.05) is 36.4 Å². The lowest BCUT2D eigenvalue weighted by atomic mass is 9.93. The topological polar surface area (TPSA) is 75.3 Å².